The molecule has 0 radical (unpaired) electrons. The number of methoxy groups -OCH3 is 2. The van der Waals surface area contributed by atoms with E-state index in [0.717, 1.165) is 4.90 Å². The van der Waals surface area contributed by atoms with Crippen molar-refractivity contribution in [3.05, 3.63) is 58.9 Å². The molecular weight excluding hydrogens is 344 g/mol. The molecule has 3 rings (SSSR count). The molecule has 7 heteroatoms. The Hall–Kier alpha value is -2.86. The highest BCUT2D eigenvalue weighted by Gasteiger charge is 2.38. The fraction of sp³-hybridized carbons (Fsp3) is 0.167. The number of carbonyl (C=O) groups is 2. The topological polar surface area (TPSA) is 68.7 Å². The van der Waals surface area contributed by atoms with Crippen molar-refractivity contribution in [3.63, 3.8) is 0 Å². The third-order valence-electron chi connectivity index (χ3n) is 3.83. The molecule has 0 saturated carbocycles. The minimum Gasteiger partial charge on any atom is -0.493 e. The van der Waals surface area contributed by atoms with E-state index < -0.39 is 11.8 Å². The van der Waals surface area contributed by atoms with E-state index in [-0.39, 0.29) is 17.2 Å². The van der Waals surface area contributed by atoms with Crippen LogP contribution in [0.4, 0.5) is 0 Å². The first-order chi connectivity index (χ1) is 12.1. The first kappa shape index (κ1) is 17.0. The molecule has 0 N–H and O–H groups in total. The van der Waals surface area contributed by atoms with Crippen molar-refractivity contribution in [1.82, 2.24) is 9.88 Å². The van der Waals surface area contributed by atoms with E-state index in [1.807, 2.05) is 0 Å². The average molecular weight is 359 g/mol. The summed E-state index contributed by atoms with van der Waals surface area (Å²) in [5.74, 6) is -0.0412. The van der Waals surface area contributed by atoms with Crippen LogP contribution in [-0.2, 0) is 16.1 Å². The number of aromatic nitrogens is 1. The molecule has 0 unspecified atom stereocenters. The molecule has 2 amide bonds. The number of benzene rings is 1. The average Bonchev–Trinajstić information content (AvgIpc) is 2.85. The number of carbonyl (C=O) groups excluding carboxylic acids is 2. The van der Waals surface area contributed by atoms with Gasteiger partial charge in [0.25, 0.3) is 11.8 Å². The molecule has 0 atom stereocenters. The number of ether oxygens (including phenoxy) is 2. The zero-order chi connectivity index (χ0) is 18.0. The molecule has 1 aromatic carbocycles. The first-order valence-corrected chi connectivity index (χ1v) is 7.83. The maximum Gasteiger partial charge on any atom is 0.273 e. The summed E-state index contributed by atoms with van der Waals surface area (Å²) in [6, 6.07) is 10.2. The summed E-state index contributed by atoms with van der Waals surface area (Å²) < 4.78 is 10.4. The normalized spacial score (nSPS) is 14.3. The molecule has 6 nitrogen and oxygen atoms in total. The minimum absolute atomic E-state index is 0.0610. The molecule has 25 heavy (non-hydrogen) atoms. The second kappa shape index (κ2) is 6.94. The van der Waals surface area contributed by atoms with Crippen LogP contribution in [0.25, 0.3) is 5.57 Å². The maximum atomic E-state index is 12.7. The predicted molar refractivity (Wildman–Crippen MR) is 92.1 cm³/mol. The molecule has 0 fully saturated rings. The number of amides is 2. The van der Waals surface area contributed by atoms with Gasteiger partial charge in [-0.15, -0.1) is 0 Å². The van der Waals surface area contributed by atoms with Gasteiger partial charge in [0, 0.05) is 6.20 Å². The van der Waals surface area contributed by atoms with Gasteiger partial charge in [-0.25, -0.2) is 0 Å². The summed E-state index contributed by atoms with van der Waals surface area (Å²) in [7, 11) is 3.01. The van der Waals surface area contributed by atoms with Gasteiger partial charge < -0.3 is 9.47 Å². The Kier molecular flexibility index (Phi) is 4.72. The Bertz CT molecular complexity index is 865. The Balaban J connectivity index is 1.94. The quantitative estimate of drug-likeness (QED) is 0.768. The molecule has 1 aromatic heterocycles. The summed E-state index contributed by atoms with van der Waals surface area (Å²) in [6.45, 7) is 0.0610. The molecule has 2 aromatic rings. The van der Waals surface area contributed by atoms with Crippen molar-refractivity contribution in [2.45, 2.75) is 6.54 Å². The van der Waals surface area contributed by atoms with Crippen LogP contribution in [0, 0.1) is 0 Å². The summed E-state index contributed by atoms with van der Waals surface area (Å²) in [5.41, 5.74) is 1.23. The van der Waals surface area contributed by atoms with E-state index in [1.54, 1.807) is 42.6 Å². The Morgan fingerprint density at radius 1 is 1.04 bits per heavy atom. The van der Waals surface area contributed by atoms with Gasteiger partial charge in [0.05, 0.1) is 32.0 Å². The van der Waals surface area contributed by atoms with Crippen LogP contribution in [0.15, 0.2) is 47.6 Å². The van der Waals surface area contributed by atoms with E-state index in [0.29, 0.717) is 22.8 Å². The highest BCUT2D eigenvalue weighted by atomic mass is 35.5. The van der Waals surface area contributed by atoms with Gasteiger partial charge in [-0.2, -0.15) is 0 Å². The largest absolute Gasteiger partial charge is 0.493 e. The minimum atomic E-state index is -0.540. The molecule has 1 aliphatic rings. The lowest BCUT2D eigenvalue weighted by molar-refractivity contribution is -0.137. The molecule has 2 heterocycles. The molecule has 128 valence electrons. The summed E-state index contributed by atoms with van der Waals surface area (Å²) in [5, 5.41) is -0.117. The summed E-state index contributed by atoms with van der Waals surface area (Å²) in [4.78, 5) is 30.4. The zero-order valence-electron chi connectivity index (χ0n) is 13.7. The van der Waals surface area contributed by atoms with E-state index in [9.17, 15) is 9.59 Å². The van der Waals surface area contributed by atoms with Crippen molar-refractivity contribution in [2.24, 2.45) is 0 Å². The monoisotopic (exact) mass is 358 g/mol. The molecule has 0 saturated heterocycles. The van der Waals surface area contributed by atoms with Crippen molar-refractivity contribution >= 4 is 29.0 Å². The lowest BCUT2D eigenvalue weighted by Gasteiger charge is -2.14. The van der Waals surface area contributed by atoms with Gasteiger partial charge in [-0.3, -0.25) is 19.5 Å². The molecule has 1 aliphatic heterocycles. The van der Waals surface area contributed by atoms with Gasteiger partial charge in [-0.05, 0) is 29.8 Å². The Morgan fingerprint density at radius 3 is 2.44 bits per heavy atom. The predicted octanol–water partition coefficient (Wildman–Crippen LogP) is 2.62. The summed E-state index contributed by atoms with van der Waals surface area (Å²) in [6.07, 6.45) is 1.60. The second-order valence-electron chi connectivity index (χ2n) is 5.28. The molecular formula is C18H15ClN2O4. The van der Waals surface area contributed by atoms with E-state index in [1.165, 1.54) is 14.2 Å². The highest BCUT2D eigenvalue weighted by Crippen LogP contribution is 2.36. The lowest BCUT2D eigenvalue weighted by atomic mass is 10.1. The van der Waals surface area contributed by atoms with Crippen LogP contribution < -0.4 is 9.47 Å². The molecule has 0 aliphatic carbocycles. The third kappa shape index (κ3) is 3.08. The smallest absolute Gasteiger partial charge is 0.273 e. The van der Waals surface area contributed by atoms with Gasteiger partial charge in [0.15, 0.2) is 11.5 Å². The molecule has 0 bridgehead atoms. The van der Waals surface area contributed by atoms with Gasteiger partial charge in [0.1, 0.15) is 5.03 Å². The third-order valence-corrected chi connectivity index (χ3v) is 4.18. The van der Waals surface area contributed by atoms with Crippen LogP contribution in [0.1, 0.15) is 11.3 Å². The van der Waals surface area contributed by atoms with E-state index in [4.69, 9.17) is 21.1 Å². The lowest BCUT2D eigenvalue weighted by Crippen LogP contribution is -2.31. The molecule has 0 spiro atoms. The Labute approximate surface area is 149 Å². The van der Waals surface area contributed by atoms with Crippen molar-refractivity contribution in [1.29, 1.82) is 0 Å². The van der Waals surface area contributed by atoms with Gasteiger partial charge in [0.2, 0.25) is 0 Å². The van der Waals surface area contributed by atoms with Crippen LogP contribution >= 0.6 is 11.6 Å². The summed E-state index contributed by atoms with van der Waals surface area (Å²) >= 11 is 6.16. The number of halogens is 1. The van der Waals surface area contributed by atoms with Crippen LogP contribution in [0.3, 0.4) is 0 Å². The van der Waals surface area contributed by atoms with Gasteiger partial charge >= 0.3 is 0 Å². The number of imide groups is 1. The van der Waals surface area contributed by atoms with Crippen LogP contribution in [0.5, 0.6) is 11.5 Å². The van der Waals surface area contributed by atoms with Crippen LogP contribution in [0.2, 0.25) is 0 Å². The zero-order valence-corrected chi connectivity index (χ0v) is 14.4. The second-order valence-corrected chi connectivity index (χ2v) is 5.65. The number of nitrogens with zero attached hydrogens (tertiary/aromatic N) is 2. The fourth-order valence-electron chi connectivity index (χ4n) is 2.59. The maximum absolute atomic E-state index is 12.7. The van der Waals surface area contributed by atoms with E-state index >= 15 is 0 Å². The van der Waals surface area contributed by atoms with Crippen LogP contribution in [-0.4, -0.2) is 35.9 Å². The Morgan fingerprint density at radius 2 is 1.80 bits per heavy atom. The SMILES string of the molecule is COc1ccc(C2=C(Cl)C(=O)N(Cc3ccccn3)C2=O)cc1OC. The van der Waals surface area contributed by atoms with Crippen molar-refractivity contribution < 1.29 is 19.1 Å². The highest BCUT2D eigenvalue weighted by molar-refractivity contribution is 6.55. The number of hydrogen-bond acceptors (Lipinski definition) is 5. The fourth-order valence-corrected chi connectivity index (χ4v) is 2.88. The van der Waals surface area contributed by atoms with Crippen molar-refractivity contribution in [2.75, 3.05) is 14.2 Å². The first-order valence-electron chi connectivity index (χ1n) is 7.45. The number of rotatable bonds is 5. The van der Waals surface area contributed by atoms with Crippen molar-refractivity contribution in [3.8, 4) is 11.5 Å². The van der Waals surface area contributed by atoms with E-state index in [2.05, 4.69) is 4.98 Å². The number of pyridine rings is 1. The van der Waals surface area contributed by atoms with Gasteiger partial charge in [-0.1, -0.05) is 23.7 Å². The standard InChI is InChI=1S/C18H15ClN2O4/c1-24-13-7-6-11(9-14(13)25-2)15-16(19)18(23)21(17(15)22)10-12-5-3-4-8-20-12/h3-9H,10H2,1-2H3. The number of hydrogen-bond donors (Lipinski definition) is 0.